The molecule has 1 aromatic carbocycles. The van der Waals surface area contributed by atoms with Crippen molar-refractivity contribution in [2.45, 2.75) is 66.1 Å². The van der Waals surface area contributed by atoms with Crippen LogP contribution in [0.2, 0.25) is 18.1 Å². The number of carbonyl (C=O) groups excluding carboxylic acids is 1. The molecule has 0 fully saturated rings. The summed E-state index contributed by atoms with van der Waals surface area (Å²) in [7, 11) is -1.88. The highest BCUT2D eigenvalue weighted by Crippen LogP contribution is 2.41. The van der Waals surface area contributed by atoms with Gasteiger partial charge in [0.05, 0.1) is 0 Å². The van der Waals surface area contributed by atoms with Crippen LogP contribution in [-0.4, -0.2) is 14.1 Å². The quantitative estimate of drug-likeness (QED) is 0.714. The van der Waals surface area contributed by atoms with E-state index in [1.807, 2.05) is 13.8 Å². The second kappa shape index (κ2) is 4.98. The second-order valence-electron chi connectivity index (χ2n) is 8.00. The second-order valence-corrected chi connectivity index (χ2v) is 12.7. The Balaban J connectivity index is 2.50. The van der Waals surface area contributed by atoms with Gasteiger partial charge in [0.1, 0.15) is 5.75 Å². The molecule has 3 heteroatoms. The molecule has 21 heavy (non-hydrogen) atoms. The molecular formula is C18H28O2Si. The molecule has 116 valence electrons. The van der Waals surface area contributed by atoms with Gasteiger partial charge < -0.3 is 4.43 Å². The predicted molar refractivity (Wildman–Crippen MR) is 90.9 cm³/mol. The average Bonchev–Trinajstić information content (AvgIpc) is 2.62. The number of fused-ring (bicyclic) bond motifs is 1. The minimum absolute atomic E-state index is 0.112. The molecule has 0 radical (unpaired) electrons. The van der Waals surface area contributed by atoms with Crippen molar-refractivity contribution in [2.24, 2.45) is 5.92 Å². The summed E-state index contributed by atoms with van der Waals surface area (Å²) in [5.41, 5.74) is 4.39. The maximum absolute atomic E-state index is 12.4. The number of hydrogen-bond acceptors (Lipinski definition) is 2. The SMILES string of the molecule is Cc1cc(O[Si](C)(C)C(C)(C)C)c(C)c2c1C[C@@H](C)C2=O. The van der Waals surface area contributed by atoms with Crippen molar-refractivity contribution in [3.05, 3.63) is 28.3 Å². The highest BCUT2D eigenvalue weighted by atomic mass is 28.4. The first-order valence-corrected chi connectivity index (χ1v) is 10.7. The van der Waals surface area contributed by atoms with Crippen molar-refractivity contribution in [3.8, 4) is 5.75 Å². The van der Waals surface area contributed by atoms with Crippen LogP contribution in [0.4, 0.5) is 0 Å². The summed E-state index contributed by atoms with van der Waals surface area (Å²) in [6.07, 6.45) is 0.876. The lowest BCUT2D eigenvalue weighted by Gasteiger charge is -2.37. The van der Waals surface area contributed by atoms with E-state index >= 15 is 0 Å². The Kier molecular flexibility index (Phi) is 3.86. The van der Waals surface area contributed by atoms with Gasteiger partial charge in [-0.05, 0) is 55.6 Å². The molecule has 0 saturated heterocycles. The molecule has 0 bridgehead atoms. The van der Waals surface area contributed by atoms with E-state index in [2.05, 4.69) is 46.9 Å². The van der Waals surface area contributed by atoms with Gasteiger partial charge >= 0.3 is 0 Å². The van der Waals surface area contributed by atoms with E-state index in [0.29, 0.717) is 0 Å². The van der Waals surface area contributed by atoms with Crippen LogP contribution in [0.1, 0.15) is 54.7 Å². The van der Waals surface area contributed by atoms with Gasteiger partial charge in [0.2, 0.25) is 8.32 Å². The molecule has 0 amide bonds. The molecule has 1 aromatic rings. The number of rotatable bonds is 2. The van der Waals surface area contributed by atoms with E-state index in [-0.39, 0.29) is 16.7 Å². The maximum Gasteiger partial charge on any atom is 0.250 e. The van der Waals surface area contributed by atoms with Crippen molar-refractivity contribution >= 4 is 14.1 Å². The summed E-state index contributed by atoms with van der Waals surface area (Å²) in [5, 5.41) is 0.156. The lowest BCUT2D eigenvalue weighted by Crippen LogP contribution is -2.44. The monoisotopic (exact) mass is 304 g/mol. The van der Waals surface area contributed by atoms with Crippen molar-refractivity contribution in [2.75, 3.05) is 0 Å². The van der Waals surface area contributed by atoms with E-state index in [4.69, 9.17) is 4.43 Å². The molecule has 0 heterocycles. The molecular weight excluding hydrogens is 276 g/mol. The number of hydrogen-bond donors (Lipinski definition) is 0. The largest absolute Gasteiger partial charge is 0.543 e. The molecule has 0 unspecified atom stereocenters. The summed E-state index contributed by atoms with van der Waals surface area (Å²) in [5.74, 6) is 1.31. The van der Waals surface area contributed by atoms with Gasteiger partial charge in [-0.2, -0.15) is 0 Å². The fourth-order valence-electron chi connectivity index (χ4n) is 2.71. The van der Waals surface area contributed by atoms with Gasteiger partial charge in [0.25, 0.3) is 0 Å². The topological polar surface area (TPSA) is 26.3 Å². The molecule has 1 aliphatic rings. The Morgan fingerprint density at radius 3 is 2.33 bits per heavy atom. The molecule has 0 aromatic heterocycles. The number of benzene rings is 1. The molecule has 0 aliphatic heterocycles. The number of ketones is 1. The molecule has 0 saturated carbocycles. The Bertz CT molecular complexity index is 594. The van der Waals surface area contributed by atoms with Crippen LogP contribution >= 0.6 is 0 Å². The fraction of sp³-hybridized carbons (Fsp3) is 0.611. The first kappa shape index (κ1) is 16.3. The molecule has 2 rings (SSSR count). The maximum atomic E-state index is 12.4. The van der Waals surface area contributed by atoms with Crippen LogP contribution in [0.5, 0.6) is 5.75 Å². The molecule has 0 N–H and O–H groups in total. The van der Waals surface area contributed by atoms with Gasteiger partial charge in [0.15, 0.2) is 5.78 Å². The normalized spacial score (nSPS) is 18.9. The zero-order valence-electron chi connectivity index (χ0n) is 14.7. The average molecular weight is 305 g/mol. The van der Waals surface area contributed by atoms with Gasteiger partial charge in [-0.25, -0.2) is 0 Å². The van der Waals surface area contributed by atoms with Gasteiger partial charge in [-0.1, -0.05) is 27.7 Å². The minimum Gasteiger partial charge on any atom is -0.543 e. The lowest BCUT2D eigenvalue weighted by atomic mass is 9.98. The first-order valence-electron chi connectivity index (χ1n) is 7.82. The number of carbonyl (C=O) groups is 1. The lowest BCUT2D eigenvalue weighted by molar-refractivity contribution is 0.0945. The van der Waals surface area contributed by atoms with Gasteiger partial charge in [0, 0.05) is 17.0 Å². The van der Waals surface area contributed by atoms with E-state index in [1.54, 1.807) is 0 Å². The third kappa shape index (κ3) is 2.68. The standard InChI is InChI=1S/C18H28O2Si/c1-11-10-15(20-21(7,8)18(4,5)6)13(3)16-14(11)9-12(2)17(16)19/h10,12H,9H2,1-8H3/t12-/m1/s1. The minimum atomic E-state index is -1.88. The summed E-state index contributed by atoms with van der Waals surface area (Å²) < 4.78 is 6.47. The first-order chi connectivity index (χ1) is 9.45. The van der Waals surface area contributed by atoms with Crippen LogP contribution in [0.3, 0.4) is 0 Å². The van der Waals surface area contributed by atoms with Crippen LogP contribution in [-0.2, 0) is 6.42 Å². The highest BCUT2D eigenvalue weighted by molar-refractivity contribution is 6.74. The van der Waals surface area contributed by atoms with Crippen LogP contribution < -0.4 is 4.43 Å². The Hall–Kier alpha value is -1.09. The van der Waals surface area contributed by atoms with Gasteiger partial charge in [-0.3, -0.25) is 4.79 Å². The Labute approximate surface area is 130 Å². The van der Waals surface area contributed by atoms with E-state index in [0.717, 1.165) is 23.3 Å². The molecule has 2 nitrogen and oxygen atoms in total. The van der Waals surface area contributed by atoms with E-state index in [9.17, 15) is 4.79 Å². The Morgan fingerprint density at radius 1 is 1.24 bits per heavy atom. The van der Waals surface area contributed by atoms with Crippen LogP contribution in [0, 0.1) is 19.8 Å². The van der Waals surface area contributed by atoms with Crippen molar-refractivity contribution < 1.29 is 9.22 Å². The fourth-order valence-corrected chi connectivity index (χ4v) is 3.78. The third-order valence-electron chi connectivity index (χ3n) is 5.25. The summed E-state index contributed by atoms with van der Waals surface area (Å²) in [4.78, 5) is 12.4. The summed E-state index contributed by atoms with van der Waals surface area (Å²) >= 11 is 0. The smallest absolute Gasteiger partial charge is 0.250 e. The molecule has 1 aliphatic carbocycles. The summed E-state index contributed by atoms with van der Waals surface area (Å²) in [6, 6.07) is 2.14. The zero-order chi connectivity index (χ0) is 16.2. The molecule has 1 atom stereocenters. The van der Waals surface area contributed by atoms with E-state index in [1.165, 1.54) is 11.1 Å². The Morgan fingerprint density at radius 2 is 1.81 bits per heavy atom. The van der Waals surface area contributed by atoms with E-state index < -0.39 is 8.32 Å². The van der Waals surface area contributed by atoms with Crippen molar-refractivity contribution in [1.29, 1.82) is 0 Å². The van der Waals surface area contributed by atoms with Crippen molar-refractivity contribution in [1.82, 2.24) is 0 Å². The number of aryl methyl sites for hydroxylation is 1. The zero-order valence-corrected chi connectivity index (χ0v) is 15.7. The highest BCUT2D eigenvalue weighted by Gasteiger charge is 2.40. The summed E-state index contributed by atoms with van der Waals surface area (Å²) in [6.45, 7) is 17.4. The third-order valence-corrected chi connectivity index (χ3v) is 9.59. The predicted octanol–water partition coefficient (Wildman–Crippen LogP) is 5.06. The van der Waals surface area contributed by atoms with Crippen LogP contribution in [0.15, 0.2) is 6.07 Å². The number of Topliss-reactive ketones (excluding diaryl/α,β-unsaturated/α-hetero) is 1. The molecule has 0 spiro atoms. The van der Waals surface area contributed by atoms with Crippen molar-refractivity contribution in [3.63, 3.8) is 0 Å². The van der Waals surface area contributed by atoms with Gasteiger partial charge in [-0.15, -0.1) is 0 Å². The van der Waals surface area contributed by atoms with Crippen LogP contribution in [0.25, 0.3) is 0 Å².